The van der Waals surface area contributed by atoms with Gasteiger partial charge < -0.3 is 10.2 Å². The van der Waals surface area contributed by atoms with Gasteiger partial charge in [0.1, 0.15) is 0 Å². The highest BCUT2D eigenvalue weighted by molar-refractivity contribution is 4.68. The standard InChI is InChI=1S/C10H22N2/c1-3-6-12-7-4-5-11-8-10(2)9-12/h10-11H,3-9H2,1-2H3. The van der Waals surface area contributed by atoms with Gasteiger partial charge in [-0.15, -0.1) is 0 Å². The molecule has 1 aliphatic heterocycles. The Morgan fingerprint density at radius 2 is 2.33 bits per heavy atom. The first-order chi connectivity index (χ1) is 5.83. The quantitative estimate of drug-likeness (QED) is 0.672. The van der Waals surface area contributed by atoms with E-state index in [0.717, 1.165) is 5.92 Å². The van der Waals surface area contributed by atoms with Gasteiger partial charge in [-0.2, -0.15) is 0 Å². The van der Waals surface area contributed by atoms with Gasteiger partial charge in [0, 0.05) is 6.54 Å². The molecule has 1 fully saturated rings. The van der Waals surface area contributed by atoms with Crippen molar-refractivity contribution in [2.75, 3.05) is 32.7 Å². The zero-order valence-corrected chi connectivity index (χ0v) is 8.47. The lowest BCUT2D eigenvalue weighted by Gasteiger charge is -2.28. The van der Waals surface area contributed by atoms with Crippen LogP contribution >= 0.6 is 0 Å². The third-order valence-electron chi connectivity index (χ3n) is 2.43. The summed E-state index contributed by atoms with van der Waals surface area (Å²) in [5.41, 5.74) is 0. The average Bonchev–Trinajstić information content (AvgIpc) is 2.00. The van der Waals surface area contributed by atoms with Crippen molar-refractivity contribution in [1.29, 1.82) is 0 Å². The van der Waals surface area contributed by atoms with Crippen LogP contribution in [0, 0.1) is 5.92 Å². The minimum atomic E-state index is 0.817. The predicted molar refractivity (Wildman–Crippen MR) is 53.4 cm³/mol. The van der Waals surface area contributed by atoms with Crippen molar-refractivity contribution in [2.24, 2.45) is 5.92 Å². The predicted octanol–water partition coefficient (Wildman–Crippen LogP) is 1.33. The summed E-state index contributed by atoms with van der Waals surface area (Å²) >= 11 is 0. The van der Waals surface area contributed by atoms with E-state index in [4.69, 9.17) is 0 Å². The molecule has 1 aliphatic rings. The van der Waals surface area contributed by atoms with E-state index in [1.54, 1.807) is 0 Å². The van der Waals surface area contributed by atoms with Gasteiger partial charge in [-0.1, -0.05) is 13.8 Å². The van der Waals surface area contributed by atoms with E-state index < -0.39 is 0 Å². The van der Waals surface area contributed by atoms with Crippen LogP contribution in [0.25, 0.3) is 0 Å². The highest BCUT2D eigenvalue weighted by Gasteiger charge is 2.11. The van der Waals surface area contributed by atoms with Gasteiger partial charge in [-0.3, -0.25) is 0 Å². The number of rotatable bonds is 2. The number of nitrogens with one attached hydrogen (secondary N) is 1. The lowest BCUT2D eigenvalue weighted by atomic mass is 10.1. The van der Waals surface area contributed by atoms with Gasteiger partial charge in [0.25, 0.3) is 0 Å². The molecule has 1 unspecified atom stereocenters. The summed E-state index contributed by atoms with van der Waals surface area (Å²) in [6, 6.07) is 0. The third-order valence-corrected chi connectivity index (χ3v) is 2.43. The normalized spacial score (nSPS) is 28.0. The van der Waals surface area contributed by atoms with Crippen LogP contribution in [-0.2, 0) is 0 Å². The first-order valence-corrected chi connectivity index (χ1v) is 5.26. The van der Waals surface area contributed by atoms with Crippen LogP contribution in [0.4, 0.5) is 0 Å². The molecule has 1 rings (SSSR count). The molecule has 0 spiro atoms. The maximum absolute atomic E-state index is 3.47. The van der Waals surface area contributed by atoms with Crippen LogP contribution in [0.3, 0.4) is 0 Å². The molecule has 0 aliphatic carbocycles. The first kappa shape index (κ1) is 10.0. The zero-order chi connectivity index (χ0) is 8.81. The van der Waals surface area contributed by atoms with E-state index in [2.05, 4.69) is 24.1 Å². The van der Waals surface area contributed by atoms with Crippen LogP contribution in [0.5, 0.6) is 0 Å². The van der Waals surface area contributed by atoms with Gasteiger partial charge in [0.05, 0.1) is 0 Å². The van der Waals surface area contributed by atoms with Gasteiger partial charge in [-0.25, -0.2) is 0 Å². The summed E-state index contributed by atoms with van der Waals surface area (Å²) in [4.78, 5) is 2.60. The molecule has 1 saturated heterocycles. The van der Waals surface area contributed by atoms with Gasteiger partial charge in [0.2, 0.25) is 0 Å². The van der Waals surface area contributed by atoms with E-state index in [1.807, 2.05) is 0 Å². The number of hydrogen-bond acceptors (Lipinski definition) is 2. The molecule has 0 radical (unpaired) electrons. The van der Waals surface area contributed by atoms with Crippen molar-refractivity contribution in [1.82, 2.24) is 10.2 Å². The molecule has 2 heteroatoms. The summed E-state index contributed by atoms with van der Waals surface area (Å²) in [5, 5.41) is 3.47. The highest BCUT2D eigenvalue weighted by Crippen LogP contribution is 2.03. The molecule has 2 nitrogen and oxygen atoms in total. The van der Waals surface area contributed by atoms with Crippen molar-refractivity contribution in [3.8, 4) is 0 Å². The topological polar surface area (TPSA) is 15.3 Å². The van der Waals surface area contributed by atoms with E-state index in [1.165, 1.54) is 45.6 Å². The smallest absolute Gasteiger partial charge is 0.00191 e. The van der Waals surface area contributed by atoms with E-state index in [-0.39, 0.29) is 0 Å². The minimum Gasteiger partial charge on any atom is -0.316 e. The molecule has 12 heavy (non-hydrogen) atoms. The number of nitrogens with zero attached hydrogens (tertiary/aromatic N) is 1. The summed E-state index contributed by atoms with van der Waals surface area (Å²) < 4.78 is 0. The Kier molecular flexibility index (Phi) is 4.62. The average molecular weight is 170 g/mol. The van der Waals surface area contributed by atoms with Crippen LogP contribution < -0.4 is 5.32 Å². The van der Waals surface area contributed by atoms with Crippen molar-refractivity contribution in [2.45, 2.75) is 26.7 Å². The lowest BCUT2D eigenvalue weighted by Crippen LogP contribution is -2.39. The molecule has 0 amide bonds. The van der Waals surface area contributed by atoms with Gasteiger partial charge >= 0.3 is 0 Å². The van der Waals surface area contributed by atoms with E-state index in [0.29, 0.717) is 0 Å². The highest BCUT2D eigenvalue weighted by atomic mass is 15.1. The lowest BCUT2D eigenvalue weighted by molar-refractivity contribution is 0.217. The molecule has 0 bridgehead atoms. The SMILES string of the molecule is CCCN1CCCNCC(C)C1. The fourth-order valence-electron chi connectivity index (χ4n) is 1.89. The molecule has 0 aromatic carbocycles. The maximum Gasteiger partial charge on any atom is 0.00191 e. The Hall–Kier alpha value is -0.0800. The molecule has 1 heterocycles. The molecule has 0 aromatic heterocycles. The molecular weight excluding hydrogens is 148 g/mol. The zero-order valence-electron chi connectivity index (χ0n) is 8.47. The second kappa shape index (κ2) is 5.55. The Morgan fingerprint density at radius 1 is 1.50 bits per heavy atom. The Balaban J connectivity index is 2.27. The van der Waals surface area contributed by atoms with Gasteiger partial charge in [0.15, 0.2) is 0 Å². The molecule has 0 saturated carbocycles. The Morgan fingerprint density at radius 3 is 3.08 bits per heavy atom. The van der Waals surface area contributed by atoms with Crippen molar-refractivity contribution < 1.29 is 0 Å². The van der Waals surface area contributed by atoms with Crippen LogP contribution in [0.1, 0.15) is 26.7 Å². The largest absolute Gasteiger partial charge is 0.316 e. The molecular formula is C10H22N2. The summed E-state index contributed by atoms with van der Waals surface area (Å²) in [7, 11) is 0. The van der Waals surface area contributed by atoms with Crippen molar-refractivity contribution >= 4 is 0 Å². The first-order valence-electron chi connectivity index (χ1n) is 5.26. The van der Waals surface area contributed by atoms with E-state index in [9.17, 15) is 0 Å². The van der Waals surface area contributed by atoms with E-state index >= 15 is 0 Å². The van der Waals surface area contributed by atoms with Gasteiger partial charge in [-0.05, 0) is 44.9 Å². The summed E-state index contributed by atoms with van der Waals surface area (Å²) in [6.07, 6.45) is 2.60. The fraction of sp³-hybridized carbons (Fsp3) is 1.00. The third kappa shape index (κ3) is 3.55. The second-order valence-electron chi connectivity index (χ2n) is 3.96. The number of hydrogen-bond donors (Lipinski definition) is 1. The van der Waals surface area contributed by atoms with Crippen molar-refractivity contribution in [3.63, 3.8) is 0 Å². The second-order valence-corrected chi connectivity index (χ2v) is 3.96. The van der Waals surface area contributed by atoms with Crippen molar-refractivity contribution in [3.05, 3.63) is 0 Å². The van der Waals surface area contributed by atoms with Crippen LogP contribution in [0.15, 0.2) is 0 Å². The molecule has 1 atom stereocenters. The summed E-state index contributed by atoms with van der Waals surface area (Å²) in [5.74, 6) is 0.817. The maximum atomic E-state index is 3.47. The monoisotopic (exact) mass is 170 g/mol. The molecule has 72 valence electrons. The Labute approximate surface area is 76.3 Å². The minimum absolute atomic E-state index is 0.817. The molecule has 0 aromatic rings. The van der Waals surface area contributed by atoms with Crippen LogP contribution in [0.2, 0.25) is 0 Å². The van der Waals surface area contributed by atoms with Crippen LogP contribution in [-0.4, -0.2) is 37.6 Å². The molecule has 1 N–H and O–H groups in total. The fourth-order valence-corrected chi connectivity index (χ4v) is 1.89. The Bertz CT molecular complexity index is 114. The summed E-state index contributed by atoms with van der Waals surface area (Å²) in [6.45, 7) is 10.8.